The highest BCUT2D eigenvalue weighted by atomic mass is 19.1. The van der Waals surface area contributed by atoms with Gasteiger partial charge >= 0.3 is 0 Å². The first kappa shape index (κ1) is 22.9. The second-order valence-corrected chi connectivity index (χ2v) is 8.99. The number of benzene rings is 2. The monoisotopic (exact) mass is 471 g/mol. The molecule has 180 valence electrons. The highest BCUT2D eigenvalue weighted by Gasteiger charge is 2.19. The minimum Gasteiger partial charge on any atom is -0.368 e. The average molecular weight is 472 g/mol. The first-order valence-corrected chi connectivity index (χ1v) is 12.1. The lowest BCUT2D eigenvalue weighted by atomic mass is 10.1. The Hall–Kier alpha value is -3.87. The summed E-state index contributed by atoms with van der Waals surface area (Å²) in [6.07, 6.45) is 2.66. The van der Waals surface area contributed by atoms with Crippen LogP contribution < -0.4 is 15.1 Å². The normalized spacial score (nSPS) is 13.9. The molecule has 2 aromatic heterocycles. The smallest absolute Gasteiger partial charge is 0.270 e. The van der Waals surface area contributed by atoms with E-state index in [1.165, 1.54) is 17.8 Å². The number of imidazole rings is 1. The molecule has 6 nitrogen and oxygen atoms in total. The summed E-state index contributed by atoms with van der Waals surface area (Å²) < 4.78 is 15.1. The number of aryl methyl sites for hydroxylation is 2. The first-order valence-electron chi connectivity index (χ1n) is 12.1. The molecular weight excluding hydrogens is 441 g/mol. The zero-order valence-electron chi connectivity index (χ0n) is 20.2. The number of carbonyl (C=O) groups excluding carboxylic acids is 1. The van der Waals surface area contributed by atoms with E-state index in [1.54, 1.807) is 0 Å². The summed E-state index contributed by atoms with van der Waals surface area (Å²) in [6, 6.07) is 19.0. The van der Waals surface area contributed by atoms with Gasteiger partial charge in [0, 0.05) is 50.3 Å². The van der Waals surface area contributed by atoms with Gasteiger partial charge in [0.05, 0.1) is 5.69 Å². The van der Waals surface area contributed by atoms with Crippen LogP contribution in [-0.4, -0.2) is 41.5 Å². The highest BCUT2D eigenvalue weighted by Crippen LogP contribution is 2.22. The molecule has 4 aromatic rings. The molecule has 35 heavy (non-hydrogen) atoms. The van der Waals surface area contributed by atoms with E-state index in [2.05, 4.69) is 44.4 Å². The van der Waals surface area contributed by atoms with Crippen LogP contribution in [0.15, 0.2) is 66.9 Å². The van der Waals surface area contributed by atoms with Crippen molar-refractivity contribution < 1.29 is 9.18 Å². The number of rotatable bonds is 6. The van der Waals surface area contributed by atoms with E-state index < -0.39 is 0 Å². The number of pyridine rings is 1. The minimum absolute atomic E-state index is 0.110. The summed E-state index contributed by atoms with van der Waals surface area (Å²) in [7, 11) is 0. The molecule has 0 bridgehead atoms. The molecule has 1 fully saturated rings. The molecule has 3 heterocycles. The van der Waals surface area contributed by atoms with Crippen LogP contribution in [0.25, 0.3) is 5.65 Å². The number of nitrogens with one attached hydrogen (secondary N) is 1. The molecule has 1 N–H and O–H groups in total. The van der Waals surface area contributed by atoms with Crippen molar-refractivity contribution >= 4 is 22.9 Å². The Balaban J connectivity index is 1.20. The Labute approximate surface area is 205 Å². The minimum atomic E-state index is -0.205. The van der Waals surface area contributed by atoms with E-state index in [0.29, 0.717) is 18.7 Å². The summed E-state index contributed by atoms with van der Waals surface area (Å²) in [5.74, 6) is -0.316. The van der Waals surface area contributed by atoms with Gasteiger partial charge in [-0.3, -0.25) is 9.20 Å². The van der Waals surface area contributed by atoms with Gasteiger partial charge < -0.3 is 15.1 Å². The topological polar surface area (TPSA) is 52.9 Å². The number of halogens is 1. The molecule has 1 aliphatic rings. The van der Waals surface area contributed by atoms with Crippen molar-refractivity contribution in [3.8, 4) is 0 Å². The molecule has 0 saturated carbocycles. The van der Waals surface area contributed by atoms with Crippen LogP contribution in [0.1, 0.15) is 34.2 Å². The molecule has 0 unspecified atom stereocenters. The maximum atomic E-state index is 13.2. The predicted octanol–water partition coefficient (Wildman–Crippen LogP) is 4.60. The van der Waals surface area contributed by atoms with Crippen LogP contribution in [0, 0.1) is 12.7 Å². The summed E-state index contributed by atoms with van der Waals surface area (Å²) in [5, 5.41) is 3.07. The van der Waals surface area contributed by atoms with E-state index in [0.717, 1.165) is 54.3 Å². The average Bonchev–Trinajstić information content (AvgIpc) is 3.26. The van der Waals surface area contributed by atoms with Gasteiger partial charge in [0.15, 0.2) is 0 Å². The van der Waals surface area contributed by atoms with Crippen LogP contribution in [0.4, 0.5) is 15.8 Å². The van der Waals surface area contributed by atoms with E-state index in [4.69, 9.17) is 0 Å². The maximum Gasteiger partial charge on any atom is 0.270 e. The number of aromatic nitrogens is 2. The number of amides is 1. The molecule has 7 heteroatoms. The highest BCUT2D eigenvalue weighted by molar-refractivity contribution is 5.94. The van der Waals surface area contributed by atoms with Crippen molar-refractivity contribution in [3.63, 3.8) is 0 Å². The van der Waals surface area contributed by atoms with Crippen molar-refractivity contribution in [3.05, 3.63) is 95.2 Å². The van der Waals surface area contributed by atoms with Crippen molar-refractivity contribution in [2.75, 3.05) is 36.0 Å². The number of hydrogen-bond donors (Lipinski definition) is 1. The zero-order chi connectivity index (χ0) is 24.4. The fourth-order valence-corrected chi connectivity index (χ4v) is 4.65. The van der Waals surface area contributed by atoms with E-state index in [-0.39, 0.29) is 11.7 Å². The van der Waals surface area contributed by atoms with Crippen LogP contribution >= 0.6 is 0 Å². The number of piperazine rings is 1. The molecular formula is C28H30FN5O. The van der Waals surface area contributed by atoms with Gasteiger partial charge in [0.2, 0.25) is 0 Å². The van der Waals surface area contributed by atoms with Gasteiger partial charge in [-0.05, 0) is 66.9 Å². The lowest BCUT2D eigenvalue weighted by Gasteiger charge is -2.37. The second-order valence-electron chi connectivity index (χ2n) is 8.99. The van der Waals surface area contributed by atoms with Gasteiger partial charge in [-0.2, -0.15) is 0 Å². The number of carbonyl (C=O) groups is 1. The molecule has 2 aromatic carbocycles. The SMILES string of the molecule is CCc1nc2ccc(C)cn2c1C(=O)NCc1ccc(N2CCN(c3ccc(F)cc3)CC2)cc1. The number of anilines is 2. The van der Waals surface area contributed by atoms with Gasteiger partial charge in [-0.1, -0.05) is 25.1 Å². The summed E-state index contributed by atoms with van der Waals surface area (Å²) in [4.78, 5) is 22.3. The number of hydrogen-bond acceptors (Lipinski definition) is 4. The molecule has 0 atom stereocenters. The van der Waals surface area contributed by atoms with Crippen LogP contribution in [0.3, 0.4) is 0 Å². The van der Waals surface area contributed by atoms with Gasteiger partial charge in [0.1, 0.15) is 17.2 Å². The fourth-order valence-electron chi connectivity index (χ4n) is 4.65. The van der Waals surface area contributed by atoms with E-state index >= 15 is 0 Å². The Morgan fingerprint density at radius 3 is 2.11 bits per heavy atom. The van der Waals surface area contributed by atoms with Crippen molar-refractivity contribution in [1.29, 1.82) is 0 Å². The fraction of sp³-hybridized carbons (Fsp3) is 0.286. The van der Waals surface area contributed by atoms with E-state index in [9.17, 15) is 9.18 Å². The largest absolute Gasteiger partial charge is 0.368 e. The maximum absolute atomic E-state index is 13.2. The summed E-state index contributed by atoms with van der Waals surface area (Å²) in [6.45, 7) is 8.08. The molecule has 0 spiro atoms. The number of nitrogens with zero attached hydrogens (tertiary/aromatic N) is 4. The molecule has 1 amide bonds. The van der Waals surface area contributed by atoms with Crippen molar-refractivity contribution in [2.24, 2.45) is 0 Å². The van der Waals surface area contributed by atoms with Gasteiger partial charge in [0.25, 0.3) is 5.91 Å². The Kier molecular flexibility index (Phi) is 6.40. The summed E-state index contributed by atoms with van der Waals surface area (Å²) in [5.41, 5.74) is 6.58. The molecule has 1 aliphatic heterocycles. The summed E-state index contributed by atoms with van der Waals surface area (Å²) >= 11 is 0. The Morgan fingerprint density at radius 2 is 1.51 bits per heavy atom. The van der Waals surface area contributed by atoms with Crippen LogP contribution in [0.5, 0.6) is 0 Å². The molecule has 0 radical (unpaired) electrons. The first-order chi connectivity index (χ1) is 17.0. The third-order valence-electron chi connectivity index (χ3n) is 6.61. The van der Waals surface area contributed by atoms with E-state index in [1.807, 2.05) is 48.7 Å². The zero-order valence-corrected chi connectivity index (χ0v) is 20.2. The Bertz CT molecular complexity index is 1320. The van der Waals surface area contributed by atoms with Gasteiger partial charge in [-0.15, -0.1) is 0 Å². The lowest BCUT2D eigenvalue weighted by Crippen LogP contribution is -2.46. The Morgan fingerprint density at radius 1 is 0.914 bits per heavy atom. The van der Waals surface area contributed by atoms with Crippen molar-refractivity contribution in [1.82, 2.24) is 14.7 Å². The second kappa shape index (κ2) is 9.78. The molecule has 5 rings (SSSR count). The third kappa shape index (κ3) is 4.85. The molecule has 1 saturated heterocycles. The number of fused-ring (bicyclic) bond motifs is 1. The van der Waals surface area contributed by atoms with Crippen LogP contribution in [-0.2, 0) is 13.0 Å². The third-order valence-corrected chi connectivity index (χ3v) is 6.61. The lowest BCUT2D eigenvalue weighted by molar-refractivity contribution is 0.0944. The predicted molar refractivity (Wildman–Crippen MR) is 138 cm³/mol. The molecule has 0 aliphatic carbocycles. The van der Waals surface area contributed by atoms with Crippen molar-refractivity contribution in [2.45, 2.75) is 26.8 Å². The standard InChI is InChI=1S/C28H30FN5O/c1-3-25-27(34-19-20(2)4-13-26(34)31-25)28(35)30-18-21-5-9-23(10-6-21)32-14-16-33(17-15-32)24-11-7-22(29)8-12-24/h4-13,19H,3,14-18H2,1-2H3,(H,30,35). The van der Waals surface area contributed by atoms with Crippen LogP contribution in [0.2, 0.25) is 0 Å². The quantitative estimate of drug-likeness (QED) is 0.447. The van der Waals surface area contributed by atoms with Gasteiger partial charge in [-0.25, -0.2) is 9.37 Å².